The molecule has 0 aromatic heterocycles. The molecule has 0 bridgehead atoms. The van der Waals surface area contributed by atoms with Gasteiger partial charge in [-0.1, -0.05) is 55.5 Å². The zero-order valence-electron chi connectivity index (χ0n) is 20.3. The van der Waals surface area contributed by atoms with E-state index in [1.807, 2.05) is 30.3 Å². The quantitative estimate of drug-likeness (QED) is 0.558. The molecule has 184 valence electrons. The fourth-order valence-corrected chi connectivity index (χ4v) is 6.84. The van der Waals surface area contributed by atoms with Gasteiger partial charge in [-0.15, -0.1) is 0 Å². The Balaban J connectivity index is 1.27. The van der Waals surface area contributed by atoms with Gasteiger partial charge in [0.2, 0.25) is 15.9 Å². The van der Waals surface area contributed by atoms with Crippen LogP contribution in [0, 0.1) is 5.92 Å². The van der Waals surface area contributed by atoms with E-state index in [1.165, 1.54) is 29.5 Å². The maximum absolute atomic E-state index is 13.0. The van der Waals surface area contributed by atoms with Gasteiger partial charge in [-0.2, -0.15) is 0 Å². The Hall–Kier alpha value is -2.18. The minimum Gasteiger partial charge on any atom is -0.349 e. The number of amides is 1. The predicted octanol–water partition coefficient (Wildman–Crippen LogP) is 4.81. The molecule has 2 aromatic carbocycles. The standard InChI is InChI=1S/C28H38N2O3S/c1-2-27(26-15-14-23-12-6-7-13-25(23)21-26)29-28(31)24-16-18-30(19-17-24)34(32,33)20-8-11-22-9-4-3-5-10-22/h3-5,9-10,14-15,21,24,27H,2,6-8,11-13,16-20H2,1H3,(H,29,31)/t27-/m0/s1. The zero-order valence-corrected chi connectivity index (χ0v) is 21.2. The van der Waals surface area contributed by atoms with Crippen molar-refractivity contribution in [1.29, 1.82) is 0 Å². The van der Waals surface area contributed by atoms with Crippen LogP contribution in [0.5, 0.6) is 0 Å². The number of carbonyl (C=O) groups is 1. The molecule has 6 heteroatoms. The summed E-state index contributed by atoms with van der Waals surface area (Å²) < 4.78 is 27.2. The number of nitrogens with zero attached hydrogens (tertiary/aromatic N) is 1. The van der Waals surface area contributed by atoms with Crippen molar-refractivity contribution < 1.29 is 13.2 Å². The van der Waals surface area contributed by atoms with Crippen LogP contribution in [0.1, 0.15) is 73.7 Å². The average Bonchev–Trinajstić information content (AvgIpc) is 2.87. The third-order valence-corrected chi connectivity index (χ3v) is 9.38. The molecule has 5 nitrogen and oxygen atoms in total. The summed E-state index contributed by atoms with van der Waals surface area (Å²) in [6.45, 7) is 2.97. The van der Waals surface area contributed by atoms with Gasteiger partial charge >= 0.3 is 0 Å². The van der Waals surface area contributed by atoms with Crippen molar-refractivity contribution in [3.8, 4) is 0 Å². The third kappa shape index (κ3) is 6.28. The van der Waals surface area contributed by atoms with Gasteiger partial charge in [0.1, 0.15) is 0 Å². The van der Waals surface area contributed by atoms with Crippen LogP contribution < -0.4 is 5.32 Å². The molecule has 2 aliphatic rings. The lowest BCUT2D eigenvalue weighted by molar-refractivity contribution is -0.126. The summed E-state index contributed by atoms with van der Waals surface area (Å²) in [6.07, 6.45) is 8.20. The van der Waals surface area contributed by atoms with Crippen LogP contribution >= 0.6 is 0 Å². The molecule has 0 unspecified atom stereocenters. The largest absolute Gasteiger partial charge is 0.349 e. The number of hydrogen-bond acceptors (Lipinski definition) is 3. The number of carbonyl (C=O) groups excluding carboxylic acids is 1. The first-order valence-electron chi connectivity index (χ1n) is 12.9. The van der Waals surface area contributed by atoms with Gasteiger partial charge in [-0.3, -0.25) is 4.79 Å². The molecule has 1 fully saturated rings. The lowest BCUT2D eigenvalue weighted by Crippen LogP contribution is -2.44. The first-order valence-corrected chi connectivity index (χ1v) is 14.5. The van der Waals surface area contributed by atoms with Crippen LogP contribution in [-0.2, 0) is 34.1 Å². The van der Waals surface area contributed by atoms with Crippen LogP contribution in [0.15, 0.2) is 48.5 Å². The molecule has 1 atom stereocenters. The van der Waals surface area contributed by atoms with Crippen LogP contribution in [-0.4, -0.2) is 37.5 Å². The van der Waals surface area contributed by atoms with Crippen molar-refractivity contribution in [1.82, 2.24) is 9.62 Å². The van der Waals surface area contributed by atoms with Gasteiger partial charge in [-0.05, 0) is 80.0 Å². The number of nitrogens with one attached hydrogen (secondary N) is 1. The minimum absolute atomic E-state index is 0.0134. The van der Waals surface area contributed by atoms with Crippen molar-refractivity contribution in [2.75, 3.05) is 18.8 Å². The summed E-state index contributed by atoms with van der Waals surface area (Å²) in [5.41, 5.74) is 5.24. The van der Waals surface area contributed by atoms with E-state index in [-0.39, 0.29) is 23.6 Å². The highest BCUT2D eigenvalue weighted by Gasteiger charge is 2.31. The summed E-state index contributed by atoms with van der Waals surface area (Å²) in [4.78, 5) is 13.0. The average molecular weight is 483 g/mol. The highest BCUT2D eigenvalue weighted by molar-refractivity contribution is 7.89. The maximum atomic E-state index is 13.0. The molecule has 0 saturated carbocycles. The summed E-state index contributed by atoms with van der Waals surface area (Å²) in [5, 5.41) is 3.26. The summed E-state index contributed by atoms with van der Waals surface area (Å²) in [5.74, 6) is 0.0998. The molecule has 0 spiro atoms. The van der Waals surface area contributed by atoms with E-state index < -0.39 is 10.0 Å². The van der Waals surface area contributed by atoms with E-state index in [1.54, 1.807) is 4.31 Å². The van der Waals surface area contributed by atoms with E-state index in [9.17, 15) is 13.2 Å². The maximum Gasteiger partial charge on any atom is 0.223 e. The molecule has 1 saturated heterocycles. The van der Waals surface area contributed by atoms with Gasteiger partial charge in [0, 0.05) is 19.0 Å². The van der Waals surface area contributed by atoms with E-state index in [0.29, 0.717) is 32.4 Å². The minimum atomic E-state index is -3.28. The monoisotopic (exact) mass is 482 g/mol. The topological polar surface area (TPSA) is 66.5 Å². The van der Waals surface area contributed by atoms with E-state index in [2.05, 4.69) is 30.4 Å². The second kappa shape index (κ2) is 11.5. The second-order valence-corrected chi connectivity index (χ2v) is 11.9. The Morgan fingerprint density at radius 3 is 2.44 bits per heavy atom. The van der Waals surface area contributed by atoms with Gasteiger partial charge in [0.15, 0.2) is 0 Å². The highest BCUT2D eigenvalue weighted by Crippen LogP contribution is 2.27. The molecule has 2 aromatic rings. The van der Waals surface area contributed by atoms with Crippen molar-refractivity contribution in [3.05, 3.63) is 70.8 Å². The van der Waals surface area contributed by atoms with E-state index >= 15 is 0 Å². The molecular weight excluding hydrogens is 444 g/mol. The molecule has 1 aliphatic heterocycles. The lowest BCUT2D eigenvalue weighted by Gasteiger charge is -2.31. The van der Waals surface area contributed by atoms with Crippen LogP contribution in [0.2, 0.25) is 0 Å². The number of rotatable bonds is 9. The highest BCUT2D eigenvalue weighted by atomic mass is 32.2. The summed E-state index contributed by atoms with van der Waals surface area (Å²) in [6, 6.07) is 16.7. The Morgan fingerprint density at radius 1 is 1.03 bits per heavy atom. The molecule has 4 rings (SSSR count). The number of piperidine rings is 1. The predicted molar refractivity (Wildman–Crippen MR) is 137 cm³/mol. The van der Waals surface area contributed by atoms with Crippen molar-refractivity contribution in [2.45, 2.75) is 70.8 Å². The lowest BCUT2D eigenvalue weighted by atomic mass is 9.88. The number of hydrogen-bond donors (Lipinski definition) is 1. The number of fused-ring (bicyclic) bond motifs is 1. The Kier molecular flexibility index (Phi) is 8.43. The number of sulfonamides is 1. The van der Waals surface area contributed by atoms with Crippen molar-refractivity contribution in [3.63, 3.8) is 0 Å². The molecule has 1 amide bonds. The molecule has 34 heavy (non-hydrogen) atoms. The smallest absolute Gasteiger partial charge is 0.223 e. The molecule has 0 radical (unpaired) electrons. The van der Waals surface area contributed by atoms with Crippen LogP contribution in [0.4, 0.5) is 0 Å². The Bertz CT molecular complexity index is 1060. The fourth-order valence-electron chi connectivity index (χ4n) is 5.31. The Morgan fingerprint density at radius 2 is 1.74 bits per heavy atom. The molecule has 1 heterocycles. The van der Waals surface area contributed by atoms with Gasteiger partial charge < -0.3 is 5.32 Å². The zero-order chi connectivity index (χ0) is 24.0. The van der Waals surface area contributed by atoms with Crippen LogP contribution in [0.25, 0.3) is 0 Å². The van der Waals surface area contributed by atoms with E-state index in [0.717, 1.165) is 31.2 Å². The normalized spacial score (nSPS) is 18.3. The fraction of sp³-hybridized carbons (Fsp3) is 0.536. The van der Waals surface area contributed by atoms with E-state index in [4.69, 9.17) is 0 Å². The molecular formula is C28H38N2O3S. The number of aryl methyl sites for hydroxylation is 3. The van der Waals surface area contributed by atoms with Crippen molar-refractivity contribution in [2.24, 2.45) is 5.92 Å². The second-order valence-electron chi connectivity index (χ2n) is 9.78. The van der Waals surface area contributed by atoms with Crippen LogP contribution in [0.3, 0.4) is 0 Å². The Labute approximate surface area is 205 Å². The molecule has 1 aliphatic carbocycles. The SMILES string of the molecule is CC[C@H](NC(=O)C1CCN(S(=O)(=O)CCCc2ccccc2)CC1)c1ccc2c(c1)CCCC2. The molecule has 1 N–H and O–H groups in total. The van der Waals surface area contributed by atoms with Gasteiger partial charge in [0.25, 0.3) is 0 Å². The summed E-state index contributed by atoms with van der Waals surface area (Å²) in [7, 11) is -3.28. The van der Waals surface area contributed by atoms with Gasteiger partial charge in [0.05, 0.1) is 11.8 Å². The first-order chi connectivity index (χ1) is 16.5. The first kappa shape index (κ1) is 24.9. The summed E-state index contributed by atoms with van der Waals surface area (Å²) >= 11 is 0. The number of benzene rings is 2. The third-order valence-electron chi connectivity index (χ3n) is 7.43. The van der Waals surface area contributed by atoms with Crippen molar-refractivity contribution >= 4 is 15.9 Å². The van der Waals surface area contributed by atoms with Gasteiger partial charge in [-0.25, -0.2) is 12.7 Å².